The van der Waals surface area contributed by atoms with Crippen LogP contribution in [0.15, 0.2) is 53.7 Å². The summed E-state index contributed by atoms with van der Waals surface area (Å²) in [7, 11) is 1.29. The van der Waals surface area contributed by atoms with Gasteiger partial charge in [0.05, 0.1) is 18.7 Å². The number of nitrogens with one attached hydrogen (secondary N) is 1. The molecule has 146 valence electrons. The molecule has 1 atom stereocenters. The fourth-order valence-electron chi connectivity index (χ4n) is 3.44. The molecule has 1 aliphatic heterocycles. The summed E-state index contributed by atoms with van der Waals surface area (Å²) in [4.78, 5) is 37.2. The molecule has 0 saturated carbocycles. The van der Waals surface area contributed by atoms with E-state index in [9.17, 15) is 19.5 Å². The van der Waals surface area contributed by atoms with E-state index in [1.54, 1.807) is 6.92 Å². The van der Waals surface area contributed by atoms with Crippen LogP contribution < -0.4 is 10.4 Å². The molecule has 3 rings (SSSR count). The lowest BCUT2D eigenvalue weighted by Crippen LogP contribution is -2.48. The Labute approximate surface area is 162 Å². The largest absolute Gasteiger partial charge is 0.550 e. The van der Waals surface area contributed by atoms with Gasteiger partial charge in [-0.05, 0) is 42.2 Å². The minimum absolute atomic E-state index is 0.163. The molecule has 0 radical (unpaired) electrons. The van der Waals surface area contributed by atoms with E-state index in [1.165, 1.54) is 12.0 Å². The van der Waals surface area contributed by atoms with E-state index in [0.717, 1.165) is 16.3 Å². The number of allylic oxidation sites excluding steroid dienone is 1. The normalized spacial score (nSPS) is 16.9. The number of rotatable bonds is 6. The van der Waals surface area contributed by atoms with Crippen LogP contribution in [-0.4, -0.2) is 36.5 Å². The zero-order valence-electron chi connectivity index (χ0n) is 15.7. The van der Waals surface area contributed by atoms with Crippen molar-refractivity contribution in [3.63, 3.8) is 0 Å². The maximum absolute atomic E-state index is 12.6. The van der Waals surface area contributed by atoms with Crippen molar-refractivity contribution >= 4 is 28.7 Å². The Bertz CT molecular complexity index is 966. The van der Waals surface area contributed by atoms with Crippen LogP contribution in [0.3, 0.4) is 0 Å². The first-order chi connectivity index (χ1) is 13.4. The summed E-state index contributed by atoms with van der Waals surface area (Å²) in [5.74, 6) is -1.72. The lowest BCUT2D eigenvalue weighted by Gasteiger charge is -2.35. The molecule has 0 saturated heterocycles. The summed E-state index contributed by atoms with van der Waals surface area (Å²) in [6.45, 7) is 1.83. The number of carboxylic acid groups (broad SMARTS) is 1. The highest BCUT2D eigenvalue weighted by Gasteiger charge is 2.36. The highest BCUT2D eigenvalue weighted by molar-refractivity contribution is 5.95. The lowest BCUT2D eigenvalue weighted by atomic mass is 9.93. The number of carboxylic acids is 1. The number of urea groups is 1. The third-order valence-electron chi connectivity index (χ3n) is 4.87. The smallest absolute Gasteiger partial charge is 0.337 e. The number of amides is 2. The monoisotopic (exact) mass is 381 g/mol. The summed E-state index contributed by atoms with van der Waals surface area (Å²) in [6.07, 6.45) is 0.0565. The van der Waals surface area contributed by atoms with Crippen LogP contribution in [0.25, 0.3) is 10.8 Å². The van der Waals surface area contributed by atoms with Gasteiger partial charge >= 0.3 is 12.0 Å². The first kappa shape index (κ1) is 19.4. The number of aliphatic carboxylic acids is 1. The van der Waals surface area contributed by atoms with Gasteiger partial charge in [-0.2, -0.15) is 0 Å². The van der Waals surface area contributed by atoms with Crippen molar-refractivity contribution in [3.05, 3.63) is 59.3 Å². The highest BCUT2D eigenvalue weighted by Crippen LogP contribution is 2.32. The van der Waals surface area contributed by atoms with Gasteiger partial charge in [-0.25, -0.2) is 9.59 Å². The molecular formula is C21H21N2O5-. The summed E-state index contributed by atoms with van der Waals surface area (Å²) in [5, 5.41) is 15.5. The molecule has 2 amide bonds. The molecule has 1 aliphatic rings. The highest BCUT2D eigenvalue weighted by atomic mass is 16.5. The molecule has 0 spiro atoms. The maximum Gasteiger partial charge on any atom is 0.337 e. The topological polar surface area (TPSA) is 98.8 Å². The van der Waals surface area contributed by atoms with Crippen LogP contribution in [0.5, 0.6) is 0 Å². The van der Waals surface area contributed by atoms with Gasteiger partial charge in [-0.3, -0.25) is 4.90 Å². The van der Waals surface area contributed by atoms with Crippen molar-refractivity contribution in [2.75, 3.05) is 13.7 Å². The average molecular weight is 381 g/mol. The molecule has 0 fully saturated rings. The number of carbonyl (C=O) groups excluding carboxylic acids is 3. The summed E-state index contributed by atoms with van der Waals surface area (Å²) in [6, 6.07) is 12.5. The van der Waals surface area contributed by atoms with Gasteiger partial charge in [0.25, 0.3) is 0 Å². The Morgan fingerprint density at radius 3 is 2.57 bits per heavy atom. The first-order valence-electron chi connectivity index (χ1n) is 8.98. The Morgan fingerprint density at radius 1 is 1.18 bits per heavy atom. The standard InChI is InChI=1S/C21H22N2O5/c1-13-18(20(26)28-2)19(22-21(27)23(13)11-5-8-17(24)25)16-10-9-14-6-3-4-7-15(14)12-16/h3-4,6-7,9-10,12,19H,5,8,11H2,1-2H3,(H,22,27)(H,24,25)/p-1/t19-/m0/s1. The molecule has 1 N–H and O–H groups in total. The van der Waals surface area contributed by atoms with Gasteiger partial charge in [0, 0.05) is 18.2 Å². The van der Waals surface area contributed by atoms with Crippen LogP contribution in [0.2, 0.25) is 0 Å². The molecule has 7 nitrogen and oxygen atoms in total. The quantitative estimate of drug-likeness (QED) is 0.771. The molecule has 28 heavy (non-hydrogen) atoms. The second-order valence-corrected chi connectivity index (χ2v) is 6.61. The van der Waals surface area contributed by atoms with E-state index in [1.807, 2.05) is 42.5 Å². The molecule has 1 heterocycles. The predicted octanol–water partition coefficient (Wildman–Crippen LogP) is 1.88. The van der Waals surface area contributed by atoms with Gasteiger partial charge in [0.2, 0.25) is 0 Å². The van der Waals surface area contributed by atoms with Crippen LogP contribution in [0.1, 0.15) is 31.4 Å². The Morgan fingerprint density at radius 2 is 1.89 bits per heavy atom. The summed E-state index contributed by atoms with van der Waals surface area (Å²) in [5.41, 5.74) is 1.54. The SMILES string of the molecule is COC(=O)C1=C(C)N(CCCC(=O)[O-])C(=O)N[C@H]1c1ccc2ccccc2c1. The molecule has 0 aliphatic carbocycles. The molecule has 2 aromatic carbocycles. The number of ether oxygens (including phenoxy) is 1. The minimum atomic E-state index is -1.18. The van der Waals surface area contributed by atoms with Crippen molar-refractivity contribution in [1.29, 1.82) is 0 Å². The van der Waals surface area contributed by atoms with E-state index < -0.39 is 18.0 Å². The van der Waals surface area contributed by atoms with E-state index in [2.05, 4.69) is 5.32 Å². The van der Waals surface area contributed by atoms with Crippen LogP contribution in [0.4, 0.5) is 4.79 Å². The van der Waals surface area contributed by atoms with Gasteiger partial charge < -0.3 is 20.0 Å². The second kappa shape index (κ2) is 8.12. The molecular weight excluding hydrogens is 360 g/mol. The number of benzene rings is 2. The number of methoxy groups -OCH3 is 1. The van der Waals surface area contributed by atoms with Crippen LogP contribution >= 0.6 is 0 Å². The Kier molecular flexibility index (Phi) is 5.63. The third kappa shape index (κ3) is 3.83. The van der Waals surface area contributed by atoms with Gasteiger partial charge in [-0.15, -0.1) is 0 Å². The zero-order chi connectivity index (χ0) is 20.3. The number of hydrogen-bond donors (Lipinski definition) is 1. The number of fused-ring (bicyclic) bond motifs is 1. The second-order valence-electron chi connectivity index (χ2n) is 6.61. The Balaban J connectivity index is 1.99. The van der Waals surface area contributed by atoms with Crippen molar-refractivity contribution < 1.29 is 24.2 Å². The zero-order valence-corrected chi connectivity index (χ0v) is 15.7. The molecule has 0 bridgehead atoms. The predicted molar refractivity (Wildman–Crippen MR) is 101 cm³/mol. The molecule has 0 unspecified atom stereocenters. The Hall–Kier alpha value is -3.35. The van der Waals surface area contributed by atoms with Crippen LogP contribution in [-0.2, 0) is 14.3 Å². The van der Waals surface area contributed by atoms with Crippen LogP contribution in [0, 0.1) is 0 Å². The van der Waals surface area contributed by atoms with E-state index >= 15 is 0 Å². The first-order valence-corrected chi connectivity index (χ1v) is 8.98. The van der Waals surface area contributed by atoms with Crippen molar-refractivity contribution in [2.45, 2.75) is 25.8 Å². The lowest BCUT2D eigenvalue weighted by molar-refractivity contribution is -0.305. The van der Waals surface area contributed by atoms with Crippen molar-refractivity contribution in [1.82, 2.24) is 10.2 Å². The minimum Gasteiger partial charge on any atom is -0.550 e. The van der Waals surface area contributed by atoms with E-state index in [-0.39, 0.29) is 25.4 Å². The average Bonchev–Trinajstić information content (AvgIpc) is 2.69. The fraction of sp³-hybridized carbons (Fsp3) is 0.286. The molecule has 2 aromatic rings. The summed E-state index contributed by atoms with van der Waals surface area (Å²) < 4.78 is 4.95. The maximum atomic E-state index is 12.6. The number of carbonyl (C=O) groups is 3. The van der Waals surface area contributed by atoms with Crippen molar-refractivity contribution in [2.24, 2.45) is 0 Å². The van der Waals surface area contributed by atoms with E-state index in [4.69, 9.17) is 4.74 Å². The van der Waals surface area contributed by atoms with Gasteiger partial charge in [-0.1, -0.05) is 36.4 Å². The number of nitrogens with zero attached hydrogens (tertiary/aromatic N) is 1. The number of hydrogen-bond acceptors (Lipinski definition) is 5. The van der Waals surface area contributed by atoms with Gasteiger partial charge in [0.1, 0.15) is 0 Å². The molecule has 7 heteroatoms. The summed E-state index contributed by atoms with van der Waals surface area (Å²) >= 11 is 0. The fourth-order valence-corrected chi connectivity index (χ4v) is 3.44. The van der Waals surface area contributed by atoms with E-state index in [0.29, 0.717) is 11.3 Å². The third-order valence-corrected chi connectivity index (χ3v) is 4.87. The number of esters is 1. The molecule has 0 aromatic heterocycles. The van der Waals surface area contributed by atoms with Crippen molar-refractivity contribution in [3.8, 4) is 0 Å². The van der Waals surface area contributed by atoms with Gasteiger partial charge in [0.15, 0.2) is 0 Å².